The van der Waals surface area contributed by atoms with Crippen LogP contribution >= 0.6 is 0 Å². The fraction of sp³-hybridized carbons (Fsp3) is 0.750. The maximum Gasteiger partial charge on any atom is 0.229 e. The minimum absolute atomic E-state index is 0.000808. The summed E-state index contributed by atoms with van der Waals surface area (Å²) in [6, 6.07) is 2.09. The molecule has 1 unspecified atom stereocenters. The molecular weight excluding hydrogens is 360 g/mol. The van der Waals surface area contributed by atoms with Gasteiger partial charge in [0, 0.05) is 50.7 Å². The number of likely N-dealkylation sites (tertiary alicyclic amines) is 1. The molecule has 2 fully saturated rings. The van der Waals surface area contributed by atoms with Crippen molar-refractivity contribution in [2.45, 2.75) is 58.3 Å². The first-order valence-corrected chi connectivity index (χ1v) is 10.2. The van der Waals surface area contributed by atoms with E-state index in [4.69, 9.17) is 5.26 Å². The molecule has 1 aliphatic carbocycles. The number of hydrogen-bond donors (Lipinski definition) is 2. The molecule has 0 aromatic carbocycles. The lowest BCUT2D eigenvalue weighted by Gasteiger charge is -2.30. The highest BCUT2D eigenvalue weighted by Gasteiger charge is 2.33. The van der Waals surface area contributed by atoms with Crippen LogP contribution in [-0.2, 0) is 19.2 Å². The van der Waals surface area contributed by atoms with Crippen LogP contribution in [0.25, 0.3) is 0 Å². The van der Waals surface area contributed by atoms with Gasteiger partial charge in [0.15, 0.2) is 0 Å². The molecule has 4 amide bonds. The van der Waals surface area contributed by atoms with E-state index in [1.165, 1.54) is 4.90 Å². The number of nitrogens with zero attached hydrogens (tertiary/aromatic N) is 2. The molecule has 0 spiro atoms. The van der Waals surface area contributed by atoms with Gasteiger partial charge in [0.2, 0.25) is 23.6 Å². The molecule has 2 aliphatic rings. The maximum absolute atomic E-state index is 12.3. The Balaban J connectivity index is 1.58. The lowest BCUT2D eigenvalue weighted by Crippen LogP contribution is -2.40. The number of imide groups is 1. The van der Waals surface area contributed by atoms with Crippen LogP contribution in [0.3, 0.4) is 0 Å². The van der Waals surface area contributed by atoms with Gasteiger partial charge in [-0.3, -0.25) is 24.1 Å². The highest BCUT2D eigenvalue weighted by atomic mass is 16.2. The summed E-state index contributed by atoms with van der Waals surface area (Å²) in [7, 11) is 0. The third-order valence-electron chi connectivity index (χ3n) is 5.58. The Labute approximate surface area is 166 Å². The lowest BCUT2D eigenvalue weighted by molar-refractivity contribution is -0.139. The standard InChI is InChI=1S/C20H30N4O4/c1-14(12-21)2-7-17(25)22-10-11-23-20(28)16-5-3-15(4-6-16)13-24-18(26)8-9-19(24)27/h14-16H,2-11,13H2,1H3,(H,22,25)(H,23,28). The Morgan fingerprint density at radius 1 is 1.11 bits per heavy atom. The molecule has 8 heteroatoms. The van der Waals surface area contributed by atoms with Crippen LogP contribution in [0, 0.1) is 29.1 Å². The van der Waals surface area contributed by atoms with Gasteiger partial charge in [0.25, 0.3) is 0 Å². The van der Waals surface area contributed by atoms with E-state index in [-0.39, 0.29) is 41.4 Å². The molecule has 0 aromatic heterocycles. The quantitative estimate of drug-likeness (QED) is 0.451. The Morgan fingerprint density at radius 2 is 1.71 bits per heavy atom. The fourth-order valence-electron chi connectivity index (χ4n) is 3.72. The van der Waals surface area contributed by atoms with Crippen LogP contribution < -0.4 is 10.6 Å². The van der Waals surface area contributed by atoms with Gasteiger partial charge in [-0.15, -0.1) is 0 Å². The van der Waals surface area contributed by atoms with E-state index in [0.29, 0.717) is 45.3 Å². The van der Waals surface area contributed by atoms with Gasteiger partial charge in [-0.25, -0.2) is 0 Å². The van der Waals surface area contributed by atoms with Crippen LogP contribution in [0.4, 0.5) is 0 Å². The first kappa shape index (κ1) is 21.9. The van der Waals surface area contributed by atoms with E-state index in [2.05, 4.69) is 16.7 Å². The van der Waals surface area contributed by atoms with Gasteiger partial charge in [-0.2, -0.15) is 5.26 Å². The molecule has 1 heterocycles. The third-order valence-corrected chi connectivity index (χ3v) is 5.58. The summed E-state index contributed by atoms with van der Waals surface area (Å²) in [5.74, 6) is -0.161. The third kappa shape index (κ3) is 6.63. The Hall–Kier alpha value is -2.43. The molecule has 0 radical (unpaired) electrons. The van der Waals surface area contributed by atoms with Crippen molar-refractivity contribution in [1.82, 2.24) is 15.5 Å². The second-order valence-corrected chi connectivity index (χ2v) is 7.83. The van der Waals surface area contributed by atoms with Crippen molar-refractivity contribution in [2.75, 3.05) is 19.6 Å². The molecule has 8 nitrogen and oxygen atoms in total. The van der Waals surface area contributed by atoms with E-state index < -0.39 is 0 Å². The Kier molecular flexibility index (Phi) is 8.42. The average molecular weight is 390 g/mol. The summed E-state index contributed by atoms with van der Waals surface area (Å²) >= 11 is 0. The highest BCUT2D eigenvalue weighted by Crippen LogP contribution is 2.30. The summed E-state index contributed by atoms with van der Waals surface area (Å²) in [5, 5.41) is 14.3. The number of nitrogens with one attached hydrogen (secondary N) is 2. The largest absolute Gasteiger partial charge is 0.354 e. The molecule has 2 rings (SSSR count). The molecule has 28 heavy (non-hydrogen) atoms. The predicted molar refractivity (Wildman–Crippen MR) is 101 cm³/mol. The molecule has 1 saturated heterocycles. The summed E-state index contributed by atoms with van der Waals surface area (Å²) in [6.45, 7) is 3.03. The highest BCUT2D eigenvalue weighted by molar-refractivity contribution is 6.01. The molecular formula is C20H30N4O4. The van der Waals surface area contributed by atoms with Crippen molar-refractivity contribution in [3.8, 4) is 6.07 Å². The number of carbonyl (C=O) groups is 4. The SMILES string of the molecule is CC(C#N)CCC(=O)NCCNC(=O)C1CCC(CN2C(=O)CCC2=O)CC1. The number of rotatable bonds is 9. The van der Waals surface area contributed by atoms with Crippen LogP contribution in [-0.4, -0.2) is 48.2 Å². The van der Waals surface area contributed by atoms with Crippen molar-refractivity contribution in [3.05, 3.63) is 0 Å². The maximum atomic E-state index is 12.3. The zero-order chi connectivity index (χ0) is 20.5. The molecule has 0 bridgehead atoms. The molecule has 1 saturated carbocycles. The van der Waals surface area contributed by atoms with Gasteiger partial charge >= 0.3 is 0 Å². The van der Waals surface area contributed by atoms with E-state index in [1.54, 1.807) is 6.92 Å². The average Bonchev–Trinajstić information content (AvgIpc) is 3.01. The molecule has 154 valence electrons. The smallest absolute Gasteiger partial charge is 0.229 e. The van der Waals surface area contributed by atoms with Crippen molar-refractivity contribution in [1.29, 1.82) is 5.26 Å². The van der Waals surface area contributed by atoms with Crippen LogP contribution in [0.5, 0.6) is 0 Å². The summed E-state index contributed by atoms with van der Waals surface area (Å²) in [5.41, 5.74) is 0. The molecule has 1 aliphatic heterocycles. The zero-order valence-corrected chi connectivity index (χ0v) is 16.5. The van der Waals surface area contributed by atoms with Crippen molar-refractivity contribution >= 4 is 23.6 Å². The van der Waals surface area contributed by atoms with Crippen LogP contribution in [0.15, 0.2) is 0 Å². The second kappa shape index (κ2) is 10.8. The summed E-state index contributed by atoms with van der Waals surface area (Å²) in [4.78, 5) is 48.7. The van der Waals surface area contributed by atoms with Crippen LogP contribution in [0.1, 0.15) is 58.3 Å². The van der Waals surface area contributed by atoms with Gasteiger partial charge < -0.3 is 10.6 Å². The number of carbonyl (C=O) groups excluding carboxylic acids is 4. The van der Waals surface area contributed by atoms with Gasteiger partial charge in [-0.1, -0.05) is 0 Å². The Morgan fingerprint density at radius 3 is 2.32 bits per heavy atom. The molecule has 1 atom stereocenters. The second-order valence-electron chi connectivity index (χ2n) is 7.83. The molecule has 2 N–H and O–H groups in total. The van der Waals surface area contributed by atoms with Crippen molar-refractivity contribution in [3.63, 3.8) is 0 Å². The minimum atomic E-state index is -0.137. The van der Waals surface area contributed by atoms with E-state index >= 15 is 0 Å². The number of hydrogen-bond acceptors (Lipinski definition) is 5. The monoisotopic (exact) mass is 390 g/mol. The summed E-state index contributed by atoms with van der Waals surface area (Å²) < 4.78 is 0. The van der Waals surface area contributed by atoms with Gasteiger partial charge in [0.1, 0.15) is 0 Å². The van der Waals surface area contributed by atoms with Gasteiger partial charge in [-0.05, 0) is 44.9 Å². The van der Waals surface area contributed by atoms with E-state index in [0.717, 1.165) is 25.7 Å². The topological polar surface area (TPSA) is 119 Å². The van der Waals surface area contributed by atoms with E-state index in [1.807, 2.05) is 0 Å². The van der Waals surface area contributed by atoms with Crippen molar-refractivity contribution in [2.24, 2.45) is 17.8 Å². The summed E-state index contributed by atoms with van der Waals surface area (Å²) in [6.07, 6.45) is 4.68. The first-order valence-electron chi connectivity index (χ1n) is 10.2. The predicted octanol–water partition coefficient (Wildman–Crippen LogP) is 1.11. The van der Waals surface area contributed by atoms with Crippen LogP contribution in [0.2, 0.25) is 0 Å². The normalized spacial score (nSPS) is 23.2. The molecule has 0 aromatic rings. The number of amides is 4. The zero-order valence-electron chi connectivity index (χ0n) is 16.5. The Bertz CT molecular complexity index is 619. The number of nitriles is 1. The van der Waals surface area contributed by atoms with Crippen molar-refractivity contribution < 1.29 is 19.2 Å². The van der Waals surface area contributed by atoms with Gasteiger partial charge in [0.05, 0.1) is 6.07 Å². The fourth-order valence-corrected chi connectivity index (χ4v) is 3.72. The first-order chi connectivity index (χ1) is 13.4. The lowest BCUT2D eigenvalue weighted by atomic mass is 9.81. The van der Waals surface area contributed by atoms with E-state index in [9.17, 15) is 19.2 Å². The minimum Gasteiger partial charge on any atom is -0.354 e.